The smallest absolute Gasteiger partial charge is 0.175 e. The van der Waals surface area contributed by atoms with Gasteiger partial charge in [-0.05, 0) is 59.0 Å². The zero-order chi connectivity index (χ0) is 18.7. The molecular weight excluding hydrogens is 392 g/mol. The molecule has 144 valence electrons. The van der Waals surface area contributed by atoms with Crippen LogP contribution in [0.1, 0.15) is 32.3 Å². The van der Waals surface area contributed by atoms with E-state index in [9.17, 15) is 0 Å². The van der Waals surface area contributed by atoms with Gasteiger partial charge in [-0.25, -0.2) is 0 Å². The average molecular weight is 423 g/mol. The van der Waals surface area contributed by atoms with E-state index in [-0.39, 0.29) is 0 Å². The highest BCUT2D eigenvalue weighted by Gasteiger charge is 2.39. The van der Waals surface area contributed by atoms with E-state index >= 15 is 0 Å². The first-order chi connectivity index (χ1) is 12.4. The number of hydrogen-bond donors (Lipinski definition) is 0. The fourth-order valence-electron chi connectivity index (χ4n) is 4.14. The minimum Gasteiger partial charge on any atom is -0.397 e. The Morgan fingerprint density at radius 2 is 1.81 bits per heavy atom. The van der Waals surface area contributed by atoms with E-state index in [0.717, 1.165) is 35.5 Å². The van der Waals surface area contributed by atoms with Gasteiger partial charge in [0.25, 0.3) is 0 Å². The molecule has 0 spiro atoms. The van der Waals surface area contributed by atoms with Gasteiger partial charge in [0, 0.05) is 41.3 Å². The van der Waals surface area contributed by atoms with E-state index in [2.05, 4.69) is 80.9 Å². The predicted octanol–water partition coefficient (Wildman–Crippen LogP) is 3.25. The monoisotopic (exact) mass is 422 g/mol. The van der Waals surface area contributed by atoms with E-state index in [0.29, 0.717) is 11.6 Å². The Balaban J connectivity index is 1.72. The maximum atomic E-state index is 5.18. The van der Waals surface area contributed by atoms with Crippen molar-refractivity contribution in [1.82, 2.24) is 14.7 Å². The fraction of sp³-hybridized carbons (Fsp3) is 0.650. The fourth-order valence-corrected chi connectivity index (χ4v) is 4.40. The molecule has 0 N–H and O–H groups in total. The van der Waals surface area contributed by atoms with Crippen molar-refractivity contribution in [3.63, 3.8) is 0 Å². The summed E-state index contributed by atoms with van der Waals surface area (Å²) in [4.78, 5) is 12.7. The van der Waals surface area contributed by atoms with Gasteiger partial charge in [0.1, 0.15) is 7.11 Å². The number of likely N-dealkylation sites (tertiary alicyclic amines) is 1. The largest absolute Gasteiger partial charge is 0.397 e. The average Bonchev–Trinajstić information content (AvgIpc) is 2.63. The number of piperazine rings is 1. The standard InChI is InChI=1S/C20H31BrN4O/c1-16-15-24(20(2)9-11-23(3)12-10-20)13-14-25(16)19(22-26-4)17-5-7-18(21)8-6-17/h5-8,16H,9-15H2,1-4H3/b22-19+. The van der Waals surface area contributed by atoms with Crippen molar-refractivity contribution in [3.8, 4) is 0 Å². The molecule has 6 heteroatoms. The second-order valence-corrected chi connectivity index (χ2v) is 8.81. The Labute approximate surface area is 166 Å². The molecular formula is C20H31BrN4O. The molecule has 2 fully saturated rings. The van der Waals surface area contributed by atoms with E-state index in [1.165, 1.54) is 25.9 Å². The van der Waals surface area contributed by atoms with E-state index in [1.807, 2.05) is 0 Å². The van der Waals surface area contributed by atoms with E-state index in [4.69, 9.17) is 4.84 Å². The van der Waals surface area contributed by atoms with Gasteiger partial charge >= 0.3 is 0 Å². The number of benzene rings is 1. The topological polar surface area (TPSA) is 31.3 Å². The lowest BCUT2D eigenvalue weighted by atomic mass is 9.86. The molecule has 2 saturated heterocycles. The lowest BCUT2D eigenvalue weighted by Crippen LogP contribution is -2.62. The van der Waals surface area contributed by atoms with Crippen molar-refractivity contribution in [2.24, 2.45) is 5.16 Å². The Kier molecular flexibility index (Phi) is 6.25. The van der Waals surface area contributed by atoms with Gasteiger partial charge in [-0.1, -0.05) is 33.2 Å². The van der Waals surface area contributed by atoms with Crippen molar-refractivity contribution in [2.45, 2.75) is 38.3 Å². The molecule has 0 amide bonds. The summed E-state index contributed by atoms with van der Waals surface area (Å²) in [5.74, 6) is 0.931. The van der Waals surface area contributed by atoms with Crippen molar-refractivity contribution in [2.75, 3.05) is 46.9 Å². The number of rotatable bonds is 3. The van der Waals surface area contributed by atoms with Crippen molar-refractivity contribution >= 4 is 21.8 Å². The summed E-state index contributed by atoms with van der Waals surface area (Å²) in [5, 5.41) is 4.37. The van der Waals surface area contributed by atoms with Gasteiger partial charge in [-0.2, -0.15) is 0 Å². The number of piperidine rings is 1. The Bertz CT molecular complexity index is 625. The molecule has 1 aromatic rings. The summed E-state index contributed by atoms with van der Waals surface area (Å²) in [6.45, 7) is 10.3. The van der Waals surface area contributed by atoms with Gasteiger partial charge in [-0.3, -0.25) is 4.90 Å². The Morgan fingerprint density at radius 3 is 2.38 bits per heavy atom. The van der Waals surface area contributed by atoms with Gasteiger partial charge in [0.15, 0.2) is 5.84 Å². The SMILES string of the molecule is CO/N=C(\c1ccc(Br)cc1)N1CCN(C2(C)CCN(C)CC2)CC1C. The molecule has 0 radical (unpaired) electrons. The zero-order valence-corrected chi connectivity index (χ0v) is 18.0. The van der Waals surface area contributed by atoms with Crippen LogP contribution in [-0.4, -0.2) is 79.0 Å². The zero-order valence-electron chi connectivity index (χ0n) is 16.4. The number of amidine groups is 1. The highest BCUT2D eigenvalue weighted by Crippen LogP contribution is 2.30. The molecule has 0 aromatic heterocycles. The van der Waals surface area contributed by atoms with Crippen LogP contribution in [0.15, 0.2) is 33.9 Å². The number of oxime groups is 1. The van der Waals surface area contributed by atoms with Crippen LogP contribution in [0.2, 0.25) is 0 Å². The Hall–Kier alpha value is -1.11. The third-order valence-electron chi connectivity index (χ3n) is 6.01. The van der Waals surface area contributed by atoms with Crippen LogP contribution >= 0.6 is 15.9 Å². The summed E-state index contributed by atoms with van der Waals surface area (Å²) in [5.41, 5.74) is 1.42. The summed E-state index contributed by atoms with van der Waals surface area (Å²) >= 11 is 3.51. The molecule has 5 nitrogen and oxygen atoms in total. The molecule has 3 rings (SSSR count). The van der Waals surface area contributed by atoms with Crippen molar-refractivity contribution in [3.05, 3.63) is 34.3 Å². The highest BCUT2D eigenvalue weighted by atomic mass is 79.9. The number of hydrogen-bond acceptors (Lipinski definition) is 4. The van der Waals surface area contributed by atoms with Crippen molar-refractivity contribution in [1.29, 1.82) is 0 Å². The third-order valence-corrected chi connectivity index (χ3v) is 6.54. The quantitative estimate of drug-likeness (QED) is 0.425. The second kappa shape index (κ2) is 8.28. The first-order valence-electron chi connectivity index (χ1n) is 9.50. The maximum absolute atomic E-state index is 5.18. The molecule has 2 aliphatic heterocycles. The van der Waals surface area contributed by atoms with Crippen LogP contribution < -0.4 is 0 Å². The maximum Gasteiger partial charge on any atom is 0.175 e. The van der Waals surface area contributed by atoms with Crippen LogP contribution in [0.4, 0.5) is 0 Å². The third kappa shape index (κ3) is 4.24. The highest BCUT2D eigenvalue weighted by molar-refractivity contribution is 9.10. The first kappa shape index (κ1) is 19.6. The predicted molar refractivity (Wildman–Crippen MR) is 111 cm³/mol. The van der Waals surface area contributed by atoms with Crippen LogP contribution in [0.25, 0.3) is 0 Å². The van der Waals surface area contributed by atoms with E-state index in [1.54, 1.807) is 7.11 Å². The molecule has 0 saturated carbocycles. The molecule has 1 atom stereocenters. The first-order valence-corrected chi connectivity index (χ1v) is 10.3. The van der Waals surface area contributed by atoms with Crippen LogP contribution in [0, 0.1) is 0 Å². The van der Waals surface area contributed by atoms with Crippen molar-refractivity contribution < 1.29 is 4.84 Å². The molecule has 1 unspecified atom stereocenters. The van der Waals surface area contributed by atoms with Crippen LogP contribution in [0.5, 0.6) is 0 Å². The minimum absolute atomic E-state index is 0.322. The number of halogens is 1. The summed E-state index contributed by atoms with van der Waals surface area (Å²) in [7, 11) is 3.85. The molecule has 0 aliphatic carbocycles. The summed E-state index contributed by atoms with van der Waals surface area (Å²) in [6, 6.07) is 8.71. The van der Waals surface area contributed by atoms with Gasteiger partial charge in [0.2, 0.25) is 0 Å². The van der Waals surface area contributed by atoms with Crippen LogP contribution in [0.3, 0.4) is 0 Å². The molecule has 26 heavy (non-hydrogen) atoms. The molecule has 0 bridgehead atoms. The van der Waals surface area contributed by atoms with Gasteiger partial charge in [0.05, 0.1) is 0 Å². The van der Waals surface area contributed by atoms with E-state index < -0.39 is 0 Å². The molecule has 2 heterocycles. The van der Waals surface area contributed by atoms with Gasteiger partial charge < -0.3 is 14.6 Å². The van der Waals surface area contributed by atoms with Crippen LogP contribution in [-0.2, 0) is 4.84 Å². The minimum atomic E-state index is 0.322. The lowest BCUT2D eigenvalue weighted by molar-refractivity contribution is 0.000784. The number of nitrogens with zero attached hydrogens (tertiary/aromatic N) is 4. The lowest BCUT2D eigenvalue weighted by Gasteiger charge is -2.51. The Morgan fingerprint density at radius 1 is 1.15 bits per heavy atom. The van der Waals surface area contributed by atoms with Gasteiger partial charge in [-0.15, -0.1) is 0 Å². The summed E-state index contributed by atoms with van der Waals surface area (Å²) < 4.78 is 1.08. The molecule has 2 aliphatic rings. The second-order valence-electron chi connectivity index (χ2n) is 7.89. The molecule has 1 aromatic carbocycles. The normalized spacial score (nSPS) is 25.3. The summed E-state index contributed by atoms with van der Waals surface area (Å²) in [6.07, 6.45) is 2.50.